The molecule has 0 nitrogen and oxygen atoms in total. The monoisotopic (exact) mass is 694 g/mol. The van der Waals surface area contributed by atoms with Crippen LogP contribution >= 0.6 is 24.8 Å². The number of fused-ring (bicyclic) bond motifs is 3. The van der Waals surface area contributed by atoms with Crippen molar-refractivity contribution in [3.63, 3.8) is 0 Å². The van der Waals surface area contributed by atoms with Crippen molar-refractivity contribution in [2.75, 3.05) is 0 Å². The van der Waals surface area contributed by atoms with Gasteiger partial charge in [-0.1, -0.05) is 0 Å². The number of hydrogen-bond acceptors (Lipinski definition) is 0. The van der Waals surface area contributed by atoms with E-state index >= 15 is 0 Å². The Labute approximate surface area is 277 Å². The fraction of sp³-hybridized carbons (Fsp3) is 0.395. The third-order valence-corrected chi connectivity index (χ3v) is 18.9. The summed E-state index contributed by atoms with van der Waals surface area (Å²) in [6, 6.07) is 23.8. The van der Waals surface area contributed by atoms with Gasteiger partial charge in [-0.3, -0.25) is 0 Å². The summed E-state index contributed by atoms with van der Waals surface area (Å²) in [5, 5.41) is 1.65. The van der Waals surface area contributed by atoms with Gasteiger partial charge in [0.15, 0.2) is 0 Å². The van der Waals surface area contributed by atoms with Crippen LogP contribution in [0.5, 0.6) is 0 Å². The van der Waals surface area contributed by atoms with Gasteiger partial charge in [0.1, 0.15) is 0 Å². The molecule has 0 aliphatic heterocycles. The quantitative estimate of drug-likeness (QED) is 0.186. The molecule has 0 spiro atoms. The molecule has 0 saturated carbocycles. The van der Waals surface area contributed by atoms with E-state index < -0.39 is 29.3 Å². The van der Waals surface area contributed by atoms with Gasteiger partial charge in [-0.25, -0.2) is 0 Å². The van der Waals surface area contributed by atoms with Crippen molar-refractivity contribution in [1.82, 2.24) is 0 Å². The molecule has 4 heteroatoms. The molecule has 0 amide bonds. The molecule has 5 rings (SSSR count). The predicted octanol–water partition coefficient (Wildman–Crippen LogP) is 10.5. The molecule has 0 heterocycles. The van der Waals surface area contributed by atoms with Gasteiger partial charge in [-0.2, -0.15) is 0 Å². The first-order chi connectivity index (χ1) is 18.6. The van der Waals surface area contributed by atoms with Crippen molar-refractivity contribution < 1.29 is 21.3 Å². The summed E-state index contributed by atoms with van der Waals surface area (Å²) in [7, 11) is -1.40. The van der Waals surface area contributed by atoms with Gasteiger partial charge in [0, 0.05) is 0 Å². The molecule has 0 bridgehead atoms. The van der Waals surface area contributed by atoms with Crippen LogP contribution < -0.4 is 3.27 Å². The smallest absolute Gasteiger partial charge is 0.147 e. The Morgan fingerprint density at radius 1 is 0.786 bits per heavy atom. The maximum absolute atomic E-state index is 2.69. The van der Waals surface area contributed by atoms with E-state index in [1.807, 2.05) is 0 Å². The third kappa shape index (κ3) is 6.83. The summed E-state index contributed by atoms with van der Waals surface area (Å²) in [6.07, 6.45) is 6.38. The third-order valence-electron chi connectivity index (χ3n) is 8.99. The minimum atomic E-state index is -2.53. The van der Waals surface area contributed by atoms with E-state index in [0.717, 1.165) is 6.42 Å². The van der Waals surface area contributed by atoms with Crippen LogP contribution in [0, 0.1) is 5.92 Å². The van der Waals surface area contributed by atoms with Crippen molar-refractivity contribution in [2.24, 2.45) is 5.92 Å². The molecule has 0 radical (unpaired) electrons. The Morgan fingerprint density at radius 2 is 1.38 bits per heavy atom. The van der Waals surface area contributed by atoms with Crippen molar-refractivity contribution in [3.05, 3.63) is 109 Å². The van der Waals surface area contributed by atoms with E-state index in [9.17, 15) is 0 Å². The molecular weight excluding hydrogens is 647 g/mol. The predicted molar refractivity (Wildman–Crippen MR) is 191 cm³/mol. The van der Waals surface area contributed by atoms with Crippen molar-refractivity contribution in [1.29, 1.82) is 0 Å². The fourth-order valence-corrected chi connectivity index (χ4v) is 16.0. The molecule has 3 aromatic rings. The van der Waals surface area contributed by atoms with Crippen LogP contribution in [-0.4, -0.2) is 11.3 Å². The maximum Gasteiger partial charge on any atom is -0.147 e. The first-order valence-electron chi connectivity index (χ1n) is 15.1. The molecule has 0 saturated heterocycles. The van der Waals surface area contributed by atoms with Crippen LogP contribution in [0.25, 0.3) is 11.1 Å². The Bertz CT molecular complexity index is 1570. The summed E-state index contributed by atoms with van der Waals surface area (Å²) in [4.78, 5) is 0. The van der Waals surface area contributed by atoms with Gasteiger partial charge in [0.25, 0.3) is 0 Å². The number of allylic oxidation sites excluding steroid dienone is 4. The topological polar surface area (TPSA) is 0 Å². The van der Waals surface area contributed by atoms with Gasteiger partial charge in [-0.05, 0) is 0 Å². The number of benzene rings is 3. The van der Waals surface area contributed by atoms with Crippen LogP contribution in [0.15, 0.2) is 81.3 Å². The molecule has 2 aliphatic rings. The first kappa shape index (κ1) is 35.2. The Hall–Kier alpha value is -1.31. The van der Waals surface area contributed by atoms with Crippen LogP contribution in [0.3, 0.4) is 0 Å². The second kappa shape index (κ2) is 12.6. The standard InChI is InChI=1S/C21H25.C9H15Si.C8H8.2ClH.Zr/c1-20(2,3)16-9-7-14-11-15-8-10-17(21(4,5)6)13-19(15)18(14)12-16;1-8-5-6-9(7-8)10(2,3)4;1-2-8-6-4-3-5-7-8;;;/h7,9-10,12-13H,11H2,1-6H3;6-8H,1-4H3;3-7H,1H3;2*1H;. The SMILES string of the molecule is C/[C](c1ccccc1)=[Zr](\[C]1=CC([Si](C)(C)C)=CC1C)[c]1cc(C(C)(C)C)cc2c1Cc1ccc(C(C)(C)C)cc1-2.Cl.Cl. The fourth-order valence-electron chi connectivity index (χ4n) is 6.28. The molecule has 2 aliphatic carbocycles. The summed E-state index contributed by atoms with van der Waals surface area (Å²) in [5.41, 5.74) is 10.7. The normalized spacial score (nSPS) is 16.9. The molecule has 0 N–H and O–H groups in total. The van der Waals surface area contributed by atoms with Crippen LogP contribution in [0.4, 0.5) is 0 Å². The van der Waals surface area contributed by atoms with Gasteiger partial charge in [-0.15, -0.1) is 24.8 Å². The van der Waals surface area contributed by atoms with E-state index in [4.69, 9.17) is 0 Å². The zero-order valence-corrected chi connectivity index (χ0v) is 32.6. The van der Waals surface area contributed by atoms with Crippen LogP contribution in [0.2, 0.25) is 19.6 Å². The molecule has 0 fully saturated rings. The van der Waals surface area contributed by atoms with E-state index in [0.29, 0.717) is 5.92 Å². The molecule has 42 heavy (non-hydrogen) atoms. The van der Waals surface area contributed by atoms with Gasteiger partial charge >= 0.3 is 254 Å². The summed E-state index contributed by atoms with van der Waals surface area (Å²) >= 11 is -2.53. The van der Waals surface area contributed by atoms with Crippen molar-refractivity contribution >= 4 is 39.4 Å². The van der Waals surface area contributed by atoms with E-state index in [-0.39, 0.29) is 35.6 Å². The second-order valence-electron chi connectivity index (χ2n) is 15.2. The van der Waals surface area contributed by atoms with Gasteiger partial charge in [0.2, 0.25) is 0 Å². The number of hydrogen-bond donors (Lipinski definition) is 0. The summed E-state index contributed by atoms with van der Waals surface area (Å²) in [6.45, 7) is 26.6. The van der Waals surface area contributed by atoms with Gasteiger partial charge < -0.3 is 0 Å². The minimum absolute atomic E-state index is 0. The second-order valence-corrected chi connectivity index (χ2v) is 26.7. The Kier molecular flexibility index (Phi) is 10.5. The average Bonchev–Trinajstić information content (AvgIpc) is 3.44. The van der Waals surface area contributed by atoms with Crippen molar-refractivity contribution in [3.8, 4) is 11.1 Å². The zero-order chi connectivity index (χ0) is 29.2. The molecular formula is C38H50Cl2SiZr. The zero-order valence-electron chi connectivity index (χ0n) is 27.5. The average molecular weight is 697 g/mol. The molecule has 0 aromatic heterocycles. The minimum Gasteiger partial charge on any atom is -0.147 e. The van der Waals surface area contributed by atoms with Crippen LogP contribution in [0.1, 0.15) is 83.2 Å². The molecule has 3 aromatic carbocycles. The van der Waals surface area contributed by atoms with E-state index in [2.05, 4.69) is 148 Å². The molecule has 1 atom stereocenters. The van der Waals surface area contributed by atoms with Crippen molar-refractivity contribution in [2.45, 2.75) is 92.3 Å². The van der Waals surface area contributed by atoms with Gasteiger partial charge in [0.05, 0.1) is 0 Å². The largest absolute Gasteiger partial charge is 0.147 e. The Morgan fingerprint density at radius 3 is 1.93 bits per heavy atom. The van der Waals surface area contributed by atoms with Crippen LogP contribution in [-0.2, 0) is 38.5 Å². The summed E-state index contributed by atoms with van der Waals surface area (Å²) < 4.78 is 5.13. The first-order valence-corrected chi connectivity index (χ1v) is 22.3. The number of halogens is 2. The Balaban J connectivity index is 0.00000242. The summed E-state index contributed by atoms with van der Waals surface area (Å²) in [5.74, 6) is 0.528. The number of rotatable bonds is 4. The molecule has 224 valence electrons. The molecule has 1 unspecified atom stereocenters. The van der Waals surface area contributed by atoms with E-state index in [1.165, 1.54) is 33.4 Å². The van der Waals surface area contributed by atoms with E-state index in [1.54, 1.807) is 20.5 Å². The maximum atomic E-state index is 2.69.